The predicted molar refractivity (Wildman–Crippen MR) is 68.3 cm³/mol. The molecule has 2 atom stereocenters. The van der Waals surface area contributed by atoms with Gasteiger partial charge in [-0.25, -0.2) is 0 Å². The first-order valence-electron chi connectivity index (χ1n) is 7.00. The molecule has 2 unspecified atom stereocenters. The Bertz CT molecular complexity index is 348. The summed E-state index contributed by atoms with van der Waals surface area (Å²) in [5, 5.41) is 11.6. The minimum atomic E-state index is 0.170. The summed E-state index contributed by atoms with van der Waals surface area (Å²) in [4.78, 5) is 0. The van der Waals surface area contributed by atoms with E-state index in [0.717, 1.165) is 32.4 Å². The Balaban J connectivity index is 1.92. The molecule has 0 amide bonds. The normalized spacial score (nSPS) is 22.0. The van der Waals surface area contributed by atoms with Crippen LogP contribution in [0, 0.1) is 0 Å². The molecule has 2 rings (SSSR count). The minimum absolute atomic E-state index is 0.170. The zero-order chi connectivity index (χ0) is 12.8. The highest BCUT2D eigenvalue weighted by Gasteiger charge is 2.20. The second-order valence-corrected chi connectivity index (χ2v) is 4.75. The lowest BCUT2D eigenvalue weighted by Gasteiger charge is -2.20. The molecule has 1 aliphatic heterocycles. The maximum Gasteiger partial charge on any atom is 0.233 e. The third kappa shape index (κ3) is 3.53. The summed E-state index contributed by atoms with van der Waals surface area (Å²) in [5.41, 5.74) is 0. The summed E-state index contributed by atoms with van der Waals surface area (Å²) in [5.74, 6) is 1.40. The zero-order valence-electron chi connectivity index (χ0n) is 11.3. The molecule has 1 saturated heterocycles. The van der Waals surface area contributed by atoms with Crippen molar-refractivity contribution in [1.29, 1.82) is 0 Å². The van der Waals surface area contributed by atoms with Crippen molar-refractivity contribution in [3.63, 3.8) is 0 Å². The Labute approximate surface area is 108 Å². The zero-order valence-corrected chi connectivity index (χ0v) is 11.3. The van der Waals surface area contributed by atoms with Crippen LogP contribution in [0.1, 0.15) is 57.4 Å². The van der Waals surface area contributed by atoms with Gasteiger partial charge in [0.15, 0.2) is 0 Å². The summed E-state index contributed by atoms with van der Waals surface area (Å²) >= 11 is 0. The highest BCUT2D eigenvalue weighted by Crippen LogP contribution is 2.19. The number of nitrogens with zero attached hydrogens (tertiary/aromatic N) is 2. The Morgan fingerprint density at radius 3 is 2.89 bits per heavy atom. The van der Waals surface area contributed by atoms with Gasteiger partial charge in [-0.05, 0) is 32.2 Å². The van der Waals surface area contributed by atoms with E-state index >= 15 is 0 Å². The highest BCUT2D eigenvalue weighted by molar-refractivity contribution is 4.91. The third-order valence-electron chi connectivity index (χ3n) is 3.32. The van der Waals surface area contributed by atoms with Gasteiger partial charge in [-0.1, -0.05) is 13.8 Å². The van der Waals surface area contributed by atoms with Crippen molar-refractivity contribution in [2.75, 3.05) is 13.2 Å². The number of nitrogens with one attached hydrogen (secondary N) is 1. The topological polar surface area (TPSA) is 60.2 Å². The van der Waals surface area contributed by atoms with E-state index < -0.39 is 0 Å². The number of hydrogen-bond donors (Lipinski definition) is 1. The van der Waals surface area contributed by atoms with Crippen LogP contribution in [0.3, 0.4) is 0 Å². The van der Waals surface area contributed by atoms with E-state index in [2.05, 4.69) is 29.4 Å². The molecule has 5 nitrogen and oxygen atoms in total. The lowest BCUT2D eigenvalue weighted by Crippen LogP contribution is -2.21. The first-order valence-corrected chi connectivity index (χ1v) is 7.00. The van der Waals surface area contributed by atoms with Gasteiger partial charge in [-0.2, -0.15) is 0 Å². The summed E-state index contributed by atoms with van der Waals surface area (Å²) < 4.78 is 11.4. The lowest BCUT2D eigenvalue weighted by atomic mass is 10.1. The second kappa shape index (κ2) is 6.85. The standard InChI is InChI=1S/C13H23N3O2/c1-3-11(14-4-2)13-16-15-12(18-13)9-10-7-5-6-8-17-10/h10-11,14H,3-9H2,1-2H3. The van der Waals surface area contributed by atoms with Crippen LogP contribution in [-0.4, -0.2) is 29.5 Å². The summed E-state index contributed by atoms with van der Waals surface area (Å²) in [6, 6.07) is 0.170. The summed E-state index contributed by atoms with van der Waals surface area (Å²) in [6.45, 7) is 5.96. The van der Waals surface area contributed by atoms with E-state index in [1.165, 1.54) is 12.8 Å². The van der Waals surface area contributed by atoms with Gasteiger partial charge in [-0.15, -0.1) is 10.2 Å². The fourth-order valence-electron chi connectivity index (χ4n) is 2.31. The van der Waals surface area contributed by atoms with E-state index in [4.69, 9.17) is 9.15 Å². The first-order chi connectivity index (χ1) is 8.83. The Morgan fingerprint density at radius 2 is 2.22 bits per heavy atom. The molecule has 5 heteroatoms. The van der Waals surface area contributed by atoms with Gasteiger partial charge in [0.05, 0.1) is 18.6 Å². The quantitative estimate of drug-likeness (QED) is 0.842. The minimum Gasteiger partial charge on any atom is -0.423 e. The third-order valence-corrected chi connectivity index (χ3v) is 3.32. The van der Waals surface area contributed by atoms with E-state index in [1.807, 2.05) is 0 Å². The molecular weight excluding hydrogens is 230 g/mol. The van der Waals surface area contributed by atoms with E-state index in [0.29, 0.717) is 11.8 Å². The maximum absolute atomic E-state index is 5.73. The molecule has 0 spiro atoms. The maximum atomic E-state index is 5.73. The molecule has 0 aliphatic carbocycles. The van der Waals surface area contributed by atoms with Gasteiger partial charge in [-0.3, -0.25) is 0 Å². The number of aromatic nitrogens is 2. The fraction of sp³-hybridized carbons (Fsp3) is 0.846. The molecule has 1 aromatic heterocycles. The Kier molecular flexibility index (Phi) is 5.13. The fourth-order valence-corrected chi connectivity index (χ4v) is 2.31. The molecule has 18 heavy (non-hydrogen) atoms. The van der Waals surface area contributed by atoms with Crippen molar-refractivity contribution in [2.45, 2.75) is 58.1 Å². The van der Waals surface area contributed by atoms with Gasteiger partial charge in [0.25, 0.3) is 0 Å². The molecule has 1 aromatic rings. The van der Waals surface area contributed by atoms with Crippen molar-refractivity contribution in [2.24, 2.45) is 0 Å². The molecule has 1 N–H and O–H groups in total. The monoisotopic (exact) mass is 253 g/mol. The summed E-state index contributed by atoms with van der Waals surface area (Å²) in [6.07, 6.45) is 5.46. The molecule has 2 heterocycles. The molecule has 0 aromatic carbocycles. The van der Waals surface area contributed by atoms with Crippen LogP contribution in [-0.2, 0) is 11.2 Å². The number of hydrogen-bond acceptors (Lipinski definition) is 5. The molecule has 0 radical (unpaired) electrons. The van der Waals surface area contributed by atoms with Gasteiger partial charge < -0.3 is 14.5 Å². The van der Waals surface area contributed by atoms with Crippen molar-refractivity contribution in [3.05, 3.63) is 11.8 Å². The van der Waals surface area contributed by atoms with Crippen LogP contribution in [0.5, 0.6) is 0 Å². The average Bonchev–Trinajstić information content (AvgIpc) is 2.85. The van der Waals surface area contributed by atoms with E-state index in [1.54, 1.807) is 0 Å². The van der Waals surface area contributed by atoms with Crippen molar-refractivity contribution < 1.29 is 9.15 Å². The van der Waals surface area contributed by atoms with Crippen LogP contribution in [0.4, 0.5) is 0 Å². The Morgan fingerprint density at radius 1 is 1.33 bits per heavy atom. The van der Waals surface area contributed by atoms with E-state index in [-0.39, 0.29) is 12.1 Å². The van der Waals surface area contributed by atoms with Crippen LogP contribution >= 0.6 is 0 Å². The van der Waals surface area contributed by atoms with Crippen LogP contribution in [0.25, 0.3) is 0 Å². The van der Waals surface area contributed by atoms with Crippen LogP contribution < -0.4 is 5.32 Å². The average molecular weight is 253 g/mol. The second-order valence-electron chi connectivity index (χ2n) is 4.75. The SMILES string of the molecule is CCNC(CC)c1nnc(CC2CCCCO2)o1. The molecule has 102 valence electrons. The largest absolute Gasteiger partial charge is 0.423 e. The molecule has 0 saturated carbocycles. The van der Waals surface area contributed by atoms with Crippen molar-refractivity contribution in [3.8, 4) is 0 Å². The Hall–Kier alpha value is -0.940. The molecule has 0 bridgehead atoms. The van der Waals surface area contributed by atoms with Crippen LogP contribution in [0.2, 0.25) is 0 Å². The van der Waals surface area contributed by atoms with E-state index in [9.17, 15) is 0 Å². The van der Waals surface area contributed by atoms with Gasteiger partial charge in [0.1, 0.15) is 0 Å². The number of rotatable bonds is 6. The smallest absolute Gasteiger partial charge is 0.233 e. The lowest BCUT2D eigenvalue weighted by molar-refractivity contribution is 0.0130. The first kappa shape index (κ1) is 13.5. The summed E-state index contributed by atoms with van der Waals surface area (Å²) in [7, 11) is 0. The molecule has 1 aliphatic rings. The number of ether oxygens (including phenoxy) is 1. The van der Waals surface area contributed by atoms with Gasteiger partial charge in [0, 0.05) is 6.61 Å². The highest BCUT2D eigenvalue weighted by atomic mass is 16.5. The van der Waals surface area contributed by atoms with Crippen LogP contribution in [0.15, 0.2) is 4.42 Å². The molecular formula is C13H23N3O2. The van der Waals surface area contributed by atoms with Crippen molar-refractivity contribution in [1.82, 2.24) is 15.5 Å². The van der Waals surface area contributed by atoms with Gasteiger partial charge >= 0.3 is 0 Å². The molecule has 1 fully saturated rings. The predicted octanol–water partition coefficient (Wildman–Crippen LogP) is 2.24. The van der Waals surface area contributed by atoms with Gasteiger partial charge in [0.2, 0.25) is 11.8 Å². The van der Waals surface area contributed by atoms with Crippen molar-refractivity contribution >= 4 is 0 Å².